The maximum atomic E-state index is 10.8. The highest BCUT2D eigenvalue weighted by molar-refractivity contribution is 5.37. The topological polar surface area (TPSA) is 38.7 Å². The third-order valence-electron chi connectivity index (χ3n) is 3.19. The van der Waals surface area contributed by atoms with Gasteiger partial charge in [0.1, 0.15) is 5.75 Å². The van der Waals surface area contributed by atoms with Crippen LogP contribution in [0.1, 0.15) is 12.0 Å². The summed E-state index contributed by atoms with van der Waals surface area (Å²) in [5, 5.41) is 10.8. The average Bonchev–Trinajstić information content (AvgIpc) is 2.51. The smallest absolute Gasteiger partial charge is 0.157 e. The molecule has 0 fully saturated rings. The van der Waals surface area contributed by atoms with E-state index in [9.17, 15) is 5.11 Å². The van der Waals surface area contributed by atoms with Crippen LogP contribution in [0.2, 0.25) is 0 Å². The molecule has 0 amide bonds. The fourth-order valence-corrected chi connectivity index (χ4v) is 1.99. The van der Waals surface area contributed by atoms with E-state index in [0.29, 0.717) is 17.7 Å². The number of benzene rings is 1. The van der Waals surface area contributed by atoms with Crippen molar-refractivity contribution >= 4 is 0 Å². The van der Waals surface area contributed by atoms with E-state index in [2.05, 4.69) is 12.5 Å². The summed E-state index contributed by atoms with van der Waals surface area (Å²) in [5.74, 6) is 2.88. The molecule has 0 aliphatic carbocycles. The number of rotatable bonds is 7. The van der Waals surface area contributed by atoms with Gasteiger partial charge in [0.25, 0.3) is 0 Å². The Morgan fingerprint density at radius 1 is 1.40 bits per heavy atom. The van der Waals surface area contributed by atoms with E-state index in [1.807, 2.05) is 0 Å². The van der Waals surface area contributed by atoms with Crippen LogP contribution in [-0.2, 0) is 10.3 Å². The van der Waals surface area contributed by atoms with Gasteiger partial charge < -0.3 is 14.6 Å². The Morgan fingerprint density at radius 2 is 2.05 bits per heavy atom. The zero-order chi connectivity index (χ0) is 15.0. The molecule has 0 aliphatic heterocycles. The first-order valence-electron chi connectivity index (χ1n) is 6.27. The van der Waals surface area contributed by atoms with Crippen molar-refractivity contribution in [3.8, 4) is 18.1 Å². The molecule has 0 saturated carbocycles. The van der Waals surface area contributed by atoms with Crippen molar-refractivity contribution in [2.24, 2.45) is 5.92 Å². The molecule has 2 atom stereocenters. The Balaban J connectivity index is 3.06. The van der Waals surface area contributed by atoms with E-state index >= 15 is 0 Å². The van der Waals surface area contributed by atoms with Gasteiger partial charge in [-0.3, -0.25) is 0 Å². The van der Waals surface area contributed by atoms with Crippen LogP contribution in [0.25, 0.3) is 0 Å². The van der Waals surface area contributed by atoms with Gasteiger partial charge in [0.15, 0.2) is 5.60 Å². The van der Waals surface area contributed by atoms with E-state index in [1.165, 1.54) is 0 Å². The van der Waals surface area contributed by atoms with Gasteiger partial charge in [-0.2, -0.15) is 0 Å². The molecule has 1 rings (SSSR count). The Bertz CT molecular complexity index is 496. The highest BCUT2D eigenvalue weighted by atomic mass is 16.5. The van der Waals surface area contributed by atoms with Crippen LogP contribution in [0.5, 0.6) is 5.75 Å². The third kappa shape index (κ3) is 3.43. The number of hydrogen-bond donors (Lipinski definition) is 1. The summed E-state index contributed by atoms with van der Waals surface area (Å²) in [6, 6.07) is 7.05. The van der Waals surface area contributed by atoms with E-state index < -0.39 is 5.60 Å². The molecule has 0 saturated heterocycles. The molecule has 0 heterocycles. The number of terminal acetylenes is 1. The first-order chi connectivity index (χ1) is 9.62. The van der Waals surface area contributed by atoms with Gasteiger partial charge in [0.05, 0.1) is 20.5 Å². The molecule has 0 bridgehead atoms. The Hall–Kier alpha value is -2.18. The quantitative estimate of drug-likeness (QED) is 0.471. The van der Waals surface area contributed by atoms with Crippen molar-refractivity contribution in [2.45, 2.75) is 12.0 Å². The molecular formula is C17H20O3. The monoisotopic (exact) mass is 272 g/mol. The van der Waals surface area contributed by atoms with Gasteiger partial charge >= 0.3 is 0 Å². The Kier molecular flexibility index (Phi) is 5.89. The van der Waals surface area contributed by atoms with Crippen LogP contribution in [-0.4, -0.2) is 19.3 Å². The summed E-state index contributed by atoms with van der Waals surface area (Å²) in [4.78, 5) is 0. The van der Waals surface area contributed by atoms with Crippen LogP contribution in [0.3, 0.4) is 0 Å². The molecule has 20 heavy (non-hydrogen) atoms. The minimum absolute atomic E-state index is 0.313. The molecule has 2 unspecified atom stereocenters. The van der Waals surface area contributed by atoms with Crippen molar-refractivity contribution < 1.29 is 14.6 Å². The van der Waals surface area contributed by atoms with Gasteiger partial charge in [-0.1, -0.05) is 24.1 Å². The first kappa shape index (κ1) is 15.9. The van der Waals surface area contributed by atoms with E-state index in [4.69, 9.17) is 15.9 Å². The number of hydrogen-bond acceptors (Lipinski definition) is 3. The summed E-state index contributed by atoms with van der Waals surface area (Å²) >= 11 is 0. The lowest BCUT2D eigenvalue weighted by Gasteiger charge is -2.29. The highest BCUT2D eigenvalue weighted by Crippen LogP contribution is 2.33. The van der Waals surface area contributed by atoms with Crippen LogP contribution in [0.4, 0.5) is 0 Å². The molecule has 0 aromatic heterocycles. The first-order valence-corrected chi connectivity index (χ1v) is 6.27. The molecule has 0 radical (unpaired) electrons. The molecule has 3 nitrogen and oxygen atoms in total. The van der Waals surface area contributed by atoms with Crippen molar-refractivity contribution in [3.05, 3.63) is 54.8 Å². The fraction of sp³-hybridized carbons (Fsp3) is 0.294. The average molecular weight is 272 g/mol. The number of ether oxygens (including phenoxy) is 2. The summed E-state index contributed by atoms with van der Waals surface area (Å²) in [5.41, 5.74) is -0.775. The molecule has 0 spiro atoms. The lowest BCUT2D eigenvalue weighted by molar-refractivity contribution is 0.0560. The zero-order valence-electron chi connectivity index (χ0n) is 11.9. The fourth-order valence-electron chi connectivity index (χ4n) is 1.99. The second-order valence-corrected chi connectivity index (χ2v) is 4.32. The molecule has 106 valence electrons. The van der Waals surface area contributed by atoms with Crippen LogP contribution in [0, 0.1) is 18.3 Å². The number of allylic oxidation sites excluding steroid dienone is 1. The molecule has 3 heteroatoms. The van der Waals surface area contributed by atoms with Gasteiger partial charge in [0.2, 0.25) is 0 Å². The summed E-state index contributed by atoms with van der Waals surface area (Å²) in [6.45, 7) is 3.76. The third-order valence-corrected chi connectivity index (χ3v) is 3.19. The van der Waals surface area contributed by atoms with E-state index in [1.54, 1.807) is 56.9 Å². The largest absolute Gasteiger partial charge is 0.505 e. The summed E-state index contributed by atoms with van der Waals surface area (Å²) in [7, 11) is 3.15. The van der Waals surface area contributed by atoms with Crippen molar-refractivity contribution in [3.63, 3.8) is 0 Å². The number of aliphatic hydroxyl groups is 1. The van der Waals surface area contributed by atoms with Gasteiger partial charge in [-0.15, -0.1) is 13.0 Å². The van der Waals surface area contributed by atoms with Crippen molar-refractivity contribution in [1.82, 2.24) is 0 Å². The maximum absolute atomic E-state index is 10.8. The summed E-state index contributed by atoms with van der Waals surface area (Å²) < 4.78 is 9.95. The molecule has 0 aliphatic rings. The predicted octanol–water partition coefficient (Wildman–Crippen LogP) is 2.87. The molecule has 1 aromatic rings. The Labute approximate surface area is 120 Å². The van der Waals surface area contributed by atoms with Gasteiger partial charge in [0, 0.05) is 5.92 Å². The minimum atomic E-state index is -1.41. The van der Waals surface area contributed by atoms with Gasteiger partial charge in [-0.25, -0.2) is 0 Å². The second-order valence-electron chi connectivity index (χ2n) is 4.32. The van der Waals surface area contributed by atoms with E-state index in [-0.39, 0.29) is 5.92 Å². The van der Waals surface area contributed by atoms with Crippen molar-refractivity contribution in [2.75, 3.05) is 14.2 Å². The predicted molar refractivity (Wildman–Crippen MR) is 80.2 cm³/mol. The molecule has 1 aromatic carbocycles. The second kappa shape index (κ2) is 7.42. The molecular weight excluding hydrogens is 252 g/mol. The minimum Gasteiger partial charge on any atom is -0.505 e. The van der Waals surface area contributed by atoms with E-state index in [0.717, 1.165) is 0 Å². The highest BCUT2D eigenvalue weighted by Gasteiger charge is 2.34. The standard InChI is InChI=1S/C17H20O3/c1-5-14(8-7-13-19-3)17(18,6-2)15-9-11-16(20-4)12-10-15/h2,5,7,9-14,18H,1,8H2,3-4H3/b13-7+. The van der Waals surface area contributed by atoms with Crippen LogP contribution >= 0.6 is 0 Å². The van der Waals surface area contributed by atoms with Crippen molar-refractivity contribution in [1.29, 1.82) is 0 Å². The lowest BCUT2D eigenvalue weighted by atomic mass is 9.80. The SMILES string of the molecule is C#CC(O)(c1ccc(OC)cc1)C(C=C)C/C=C/OC. The molecule has 1 N–H and O–H groups in total. The van der Waals surface area contributed by atoms with Crippen LogP contribution in [0.15, 0.2) is 49.3 Å². The maximum Gasteiger partial charge on any atom is 0.157 e. The van der Waals surface area contributed by atoms with Crippen LogP contribution < -0.4 is 4.74 Å². The zero-order valence-corrected chi connectivity index (χ0v) is 11.9. The number of methoxy groups -OCH3 is 2. The Morgan fingerprint density at radius 3 is 2.50 bits per heavy atom. The van der Waals surface area contributed by atoms with Gasteiger partial charge in [-0.05, 0) is 30.2 Å². The lowest BCUT2D eigenvalue weighted by Crippen LogP contribution is -2.32. The normalized spacial score (nSPS) is 15.1. The summed E-state index contributed by atoms with van der Waals surface area (Å²) in [6.07, 6.45) is 11.1.